The zero-order valence-corrected chi connectivity index (χ0v) is 12.0. The third-order valence-corrected chi connectivity index (χ3v) is 3.65. The van der Waals surface area contributed by atoms with Crippen molar-refractivity contribution >= 4 is 11.8 Å². The van der Waals surface area contributed by atoms with E-state index in [0.717, 1.165) is 17.7 Å². The number of carbonyl (C=O) groups is 2. The standard InChI is InChI=1S/C16H16N4O2/c21-15(9-18-16(22)12-4-2-1-3-5-12)20-7-6-14-13(10-20)8-17-11-19-14/h1-5,8,11H,6-7,9-10H2,(H,18,22). The van der Waals surface area contributed by atoms with Crippen molar-refractivity contribution < 1.29 is 9.59 Å². The maximum absolute atomic E-state index is 12.2. The number of benzene rings is 1. The fourth-order valence-corrected chi connectivity index (χ4v) is 2.44. The average Bonchev–Trinajstić information content (AvgIpc) is 2.59. The van der Waals surface area contributed by atoms with Crippen molar-refractivity contribution in [1.29, 1.82) is 0 Å². The van der Waals surface area contributed by atoms with Gasteiger partial charge in [-0.15, -0.1) is 0 Å². The SMILES string of the molecule is O=C(NCC(=O)N1CCc2ncncc2C1)c1ccccc1. The Labute approximate surface area is 128 Å². The van der Waals surface area contributed by atoms with Gasteiger partial charge < -0.3 is 10.2 Å². The molecule has 0 atom stereocenters. The number of nitrogens with one attached hydrogen (secondary N) is 1. The number of amides is 2. The summed E-state index contributed by atoms with van der Waals surface area (Å²) in [7, 11) is 0. The van der Waals surface area contributed by atoms with E-state index < -0.39 is 0 Å². The minimum Gasteiger partial charge on any atom is -0.343 e. The molecule has 1 N–H and O–H groups in total. The molecule has 112 valence electrons. The molecule has 0 saturated heterocycles. The summed E-state index contributed by atoms with van der Waals surface area (Å²) >= 11 is 0. The zero-order valence-electron chi connectivity index (χ0n) is 12.0. The van der Waals surface area contributed by atoms with Gasteiger partial charge in [-0.2, -0.15) is 0 Å². The molecule has 1 aliphatic heterocycles. The van der Waals surface area contributed by atoms with Crippen LogP contribution in [-0.4, -0.2) is 39.8 Å². The van der Waals surface area contributed by atoms with E-state index in [1.807, 2.05) is 6.07 Å². The van der Waals surface area contributed by atoms with Gasteiger partial charge in [0.05, 0.1) is 12.2 Å². The lowest BCUT2D eigenvalue weighted by Gasteiger charge is -2.27. The van der Waals surface area contributed by atoms with Gasteiger partial charge in [-0.1, -0.05) is 18.2 Å². The van der Waals surface area contributed by atoms with Crippen molar-refractivity contribution in [2.24, 2.45) is 0 Å². The predicted octanol–water partition coefficient (Wildman–Crippen LogP) is 0.791. The molecule has 2 aromatic rings. The third kappa shape index (κ3) is 3.11. The van der Waals surface area contributed by atoms with Gasteiger partial charge in [0.2, 0.25) is 5.91 Å². The van der Waals surface area contributed by atoms with Gasteiger partial charge in [-0.25, -0.2) is 9.97 Å². The molecule has 0 radical (unpaired) electrons. The van der Waals surface area contributed by atoms with Crippen LogP contribution in [0.4, 0.5) is 0 Å². The number of rotatable bonds is 3. The van der Waals surface area contributed by atoms with E-state index in [4.69, 9.17) is 0 Å². The fourth-order valence-electron chi connectivity index (χ4n) is 2.44. The van der Waals surface area contributed by atoms with E-state index in [2.05, 4.69) is 15.3 Å². The van der Waals surface area contributed by atoms with E-state index in [1.54, 1.807) is 35.4 Å². The first-order valence-corrected chi connectivity index (χ1v) is 7.13. The summed E-state index contributed by atoms with van der Waals surface area (Å²) in [6.07, 6.45) is 3.98. The van der Waals surface area contributed by atoms with Crippen molar-refractivity contribution in [3.63, 3.8) is 0 Å². The minimum atomic E-state index is -0.241. The highest BCUT2D eigenvalue weighted by Gasteiger charge is 2.21. The van der Waals surface area contributed by atoms with Crippen LogP contribution in [0.15, 0.2) is 42.9 Å². The molecule has 6 heteroatoms. The molecule has 0 unspecified atom stereocenters. The van der Waals surface area contributed by atoms with Crippen LogP contribution < -0.4 is 5.32 Å². The van der Waals surface area contributed by atoms with E-state index in [9.17, 15) is 9.59 Å². The van der Waals surface area contributed by atoms with Crippen molar-refractivity contribution in [3.8, 4) is 0 Å². The van der Waals surface area contributed by atoms with E-state index in [-0.39, 0.29) is 18.4 Å². The molecule has 0 spiro atoms. The first-order valence-electron chi connectivity index (χ1n) is 7.13. The third-order valence-electron chi connectivity index (χ3n) is 3.65. The monoisotopic (exact) mass is 296 g/mol. The molecule has 0 aliphatic carbocycles. The summed E-state index contributed by atoms with van der Waals surface area (Å²) in [5, 5.41) is 2.66. The molecule has 0 saturated carbocycles. The zero-order chi connectivity index (χ0) is 15.4. The van der Waals surface area contributed by atoms with Gasteiger partial charge in [0.25, 0.3) is 5.91 Å². The van der Waals surface area contributed by atoms with Crippen LogP contribution in [0.3, 0.4) is 0 Å². The van der Waals surface area contributed by atoms with Crippen LogP contribution in [0.25, 0.3) is 0 Å². The molecular formula is C16H16N4O2. The van der Waals surface area contributed by atoms with Crippen LogP contribution in [0.1, 0.15) is 21.6 Å². The van der Waals surface area contributed by atoms with E-state index in [0.29, 0.717) is 18.7 Å². The number of aromatic nitrogens is 2. The number of hydrogen-bond donors (Lipinski definition) is 1. The van der Waals surface area contributed by atoms with Crippen LogP contribution in [0.2, 0.25) is 0 Å². The predicted molar refractivity (Wildman–Crippen MR) is 79.9 cm³/mol. The van der Waals surface area contributed by atoms with E-state index >= 15 is 0 Å². The second-order valence-corrected chi connectivity index (χ2v) is 5.11. The molecular weight excluding hydrogens is 280 g/mol. The Morgan fingerprint density at radius 1 is 1.23 bits per heavy atom. The molecule has 1 aliphatic rings. The van der Waals surface area contributed by atoms with Gasteiger partial charge in [0.15, 0.2) is 0 Å². The van der Waals surface area contributed by atoms with Crippen molar-refractivity contribution in [2.45, 2.75) is 13.0 Å². The highest BCUT2D eigenvalue weighted by atomic mass is 16.2. The summed E-state index contributed by atoms with van der Waals surface area (Å²) in [6.45, 7) is 1.11. The molecule has 1 aromatic heterocycles. The second-order valence-electron chi connectivity index (χ2n) is 5.11. The normalized spacial score (nSPS) is 13.4. The molecule has 2 amide bonds. The second kappa shape index (κ2) is 6.34. The molecule has 6 nitrogen and oxygen atoms in total. The van der Waals surface area contributed by atoms with Gasteiger partial charge in [-0.05, 0) is 12.1 Å². The van der Waals surface area contributed by atoms with E-state index in [1.165, 1.54) is 6.33 Å². The number of carbonyl (C=O) groups excluding carboxylic acids is 2. The number of hydrogen-bond acceptors (Lipinski definition) is 4. The Morgan fingerprint density at radius 2 is 2.05 bits per heavy atom. The fraction of sp³-hybridized carbons (Fsp3) is 0.250. The lowest BCUT2D eigenvalue weighted by Crippen LogP contribution is -2.42. The number of fused-ring (bicyclic) bond motifs is 1. The molecule has 22 heavy (non-hydrogen) atoms. The van der Waals surface area contributed by atoms with Gasteiger partial charge in [0.1, 0.15) is 6.33 Å². The Bertz CT molecular complexity index is 688. The lowest BCUT2D eigenvalue weighted by molar-refractivity contribution is -0.131. The minimum absolute atomic E-state index is 0.00322. The maximum atomic E-state index is 12.2. The summed E-state index contributed by atoms with van der Waals surface area (Å²) in [6, 6.07) is 8.86. The lowest BCUT2D eigenvalue weighted by atomic mass is 10.1. The van der Waals surface area contributed by atoms with Gasteiger partial charge in [0, 0.05) is 36.8 Å². The van der Waals surface area contributed by atoms with Crippen LogP contribution in [-0.2, 0) is 17.8 Å². The molecule has 2 heterocycles. The number of nitrogens with zero attached hydrogens (tertiary/aromatic N) is 3. The average molecular weight is 296 g/mol. The molecule has 3 rings (SSSR count). The summed E-state index contributed by atoms with van der Waals surface area (Å²) in [5.74, 6) is -0.339. The summed E-state index contributed by atoms with van der Waals surface area (Å²) < 4.78 is 0. The maximum Gasteiger partial charge on any atom is 0.251 e. The first-order chi connectivity index (χ1) is 10.7. The van der Waals surface area contributed by atoms with Crippen LogP contribution >= 0.6 is 0 Å². The molecule has 0 bridgehead atoms. The van der Waals surface area contributed by atoms with Gasteiger partial charge >= 0.3 is 0 Å². The quantitative estimate of drug-likeness (QED) is 0.908. The topological polar surface area (TPSA) is 75.2 Å². The Balaban J connectivity index is 1.56. The first kappa shape index (κ1) is 14.2. The largest absolute Gasteiger partial charge is 0.343 e. The molecule has 0 fully saturated rings. The Morgan fingerprint density at radius 3 is 2.86 bits per heavy atom. The molecule has 1 aromatic carbocycles. The smallest absolute Gasteiger partial charge is 0.251 e. The van der Waals surface area contributed by atoms with Crippen molar-refractivity contribution in [2.75, 3.05) is 13.1 Å². The summed E-state index contributed by atoms with van der Waals surface area (Å²) in [5.41, 5.74) is 2.51. The van der Waals surface area contributed by atoms with Crippen LogP contribution in [0.5, 0.6) is 0 Å². The van der Waals surface area contributed by atoms with Crippen LogP contribution in [0, 0.1) is 0 Å². The van der Waals surface area contributed by atoms with Crippen molar-refractivity contribution in [1.82, 2.24) is 20.2 Å². The highest BCUT2D eigenvalue weighted by Crippen LogP contribution is 2.15. The van der Waals surface area contributed by atoms with Crippen molar-refractivity contribution in [3.05, 3.63) is 59.7 Å². The Hall–Kier alpha value is -2.76. The Kier molecular flexibility index (Phi) is 4.09. The summed E-state index contributed by atoms with van der Waals surface area (Å²) in [4.78, 5) is 34.1. The van der Waals surface area contributed by atoms with Gasteiger partial charge in [-0.3, -0.25) is 9.59 Å². The highest BCUT2D eigenvalue weighted by molar-refractivity contribution is 5.96.